The van der Waals surface area contributed by atoms with Gasteiger partial charge in [0.1, 0.15) is 12.9 Å². The average Bonchev–Trinajstić information content (AvgIpc) is 2.85. The van der Waals surface area contributed by atoms with Gasteiger partial charge in [-0.3, -0.25) is 0 Å². The zero-order valence-corrected chi connectivity index (χ0v) is 11.0. The molecule has 0 amide bonds. The highest BCUT2D eigenvalue weighted by atomic mass is 19.1. The molecule has 2 aromatic rings. The monoisotopic (exact) mass is 264 g/mol. The molecule has 19 heavy (non-hydrogen) atoms. The predicted octanol–water partition coefficient (Wildman–Crippen LogP) is 2.04. The van der Waals surface area contributed by atoms with E-state index in [0.717, 1.165) is 0 Å². The number of rotatable bonds is 5. The normalized spacial score (nSPS) is 11.0. The molecule has 102 valence electrons. The van der Waals surface area contributed by atoms with Gasteiger partial charge in [0.05, 0.1) is 0 Å². The molecule has 0 aliphatic carbocycles. The van der Waals surface area contributed by atoms with Crippen molar-refractivity contribution in [1.82, 2.24) is 14.8 Å². The van der Waals surface area contributed by atoms with E-state index in [4.69, 9.17) is 10.5 Å². The summed E-state index contributed by atoms with van der Waals surface area (Å²) in [5, 5.41) is 4.10. The molecule has 0 atom stereocenters. The first-order valence-corrected chi connectivity index (χ1v) is 6.12. The van der Waals surface area contributed by atoms with Gasteiger partial charge in [-0.1, -0.05) is 12.1 Å². The van der Waals surface area contributed by atoms with Crippen LogP contribution in [0.5, 0.6) is 5.75 Å². The summed E-state index contributed by atoms with van der Waals surface area (Å²) in [4.78, 5) is 4.11. The van der Waals surface area contributed by atoms with Crippen molar-refractivity contribution in [3.8, 4) is 5.75 Å². The highest BCUT2D eigenvalue weighted by Crippen LogP contribution is 2.23. The third-order valence-electron chi connectivity index (χ3n) is 2.75. The number of aromatic nitrogens is 3. The Morgan fingerprint density at radius 3 is 2.89 bits per heavy atom. The van der Waals surface area contributed by atoms with E-state index in [2.05, 4.69) is 10.1 Å². The van der Waals surface area contributed by atoms with Crippen molar-refractivity contribution >= 4 is 0 Å². The van der Waals surface area contributed by atoms with E-state index in [1.54, 1.807) is 16.8 Å². The molecule has 1 aromatic carbocycles. The summed E-state index contributed by atoms with van der Waals surface area (Å²) in [5.74, 6) is 0.420. The molecule has 0 bridgehead atoms. The third kappa shape index (κ3) is 2.90. The second-order valence-electron chi connectivity index (χ2n) is 4.44. The fourth-order valence-corrected chi connectivity index (χ4v) is 1.82. The van der Waals surface area contributed by atoms with E-state index in [-0.39, 0.29) is 24.9 Å². The number of nitrogens with zero attached hydrogens (tertiary/aromatic N) is 3. The molecule has 0 aliphatic rings. The van der Waals surface area contributed by atoms with Crippen LogP contribution in [0.25, 0.3) is 0 Å². The van der Waals surface area contributed by atoms with Crippen LogP contribution in [0.15, 0.2) is 24.5 Å². The van der Waals surface area contributed by atoms with E-state index in [9.17, 15) is 4.39 Å². The lowest BCUT2D eigenvalue weighted by atomic mass is 10.2. The molecule has 0 fully saturated rings. The lowest BCUT2D eigenvalue weighted by Gasteiger charge is -2.13. The summed E-state index contributed by atoms with van der Waals surface area (Å²) in [6.45, 7) is 4.37. The van der Waals surface area contributed by atoms with E-state index in [1.807, 2.05) is 13.8 Å². The van der Waals surface area contributed by atoms with Crippen LogP contribution in [0.4, 0.5) is 4.39 Å². The zero-order chi connectivity index (χ0) is 13.8. The Morgan fingerprint density at radius 2 is 2.21 bits per heavy atom. The summed E-state index contributed by atoms with van der Waals surface area (Å²) < 4.78 is 21.0. The molecular formula is C13H17FN4O. The smallest absolute Gasteiger partial charge is 0.165 e. The molecule has 0 unspecified atom stereocenters. The fraction of sp³-hybridized carbons (Fsp3) is 0.385. The van der Waals surface area contributed by atoms with Crippen LogP contribution >= 0.6 is 0 Å². The summed E-state index contributed by atoms with van der Waals surface area (Å²) in [7, 11) is 0. The van der Waals surface area contributed by atoms with Gasteiger partial charge in [-0.05, 0) is 19.9 Å². The number of hydrogen-bond acceptors (Lipinski definition) is 4. The first-order chi connectivity index (χ1) is 9.13. The number of halogens is 1. The Balaban J connectivity index is 2.17. The SMILES string of the molecule is CC(C)n1ncnc1COc1c(F)cccc1CN. The molecule has 6 heteroatoms. The molecule has 0 spiro atoms. The molecule has 1 heterocycles. The van der Waals surface area contributed by atoms with Crippen molar-refractivity contribution in [3.63, 3.8) is 0 Å². The number of hydrogen-bond donors (Lipinski definition) is 1. The fourth-order valence-electron chi connectivity index (χ4n) is 1.82. The minimum absolute atomic E-state index is 0.159. The molecule has 0 radical (unpaired) electrons. The maximum Gasteiger partial charge on any atom is 0.165 e. The Labute approximate surface area is 111 Å². The van der Waals surface area contributed by atoms with E-state index in [0.29, 0.717) is 11.4 Å². The standard InChI is InChI=1S/C13H17FN4O/c1-9(2)18-12(16-8-17-18)7-19-13-10(6-15)4-3-5-11(13)14/h3-5,8-9H,6-7,15H2,1-2H3. The Kier molecular flexibility index (Phi) is 4.11. The summed E-state index contributed by atoms with van der Waals surface area (Å²) >= 11 is 0. The van der Waals surface area contributed by atoms with Crippen LogP contribution in [-0.2, 0) is 13.2 Å². The first kappa shape index (κ1) is 13.5. The summed E-state index contributed by atoms with van der Waals surface area (Å²) in [5.41, 5.74) is 6.20. The van der Waals surface area contributed by atoms with Gasteiger partial charge in [-0.2, -0.15) is 5.10 Å². The number of ether oxygens (including phenoxy) is 1. The molecular weight excluding hydrogens is 247 g/mol. The lowest BCUT2D eigenvalue weighted by Crippen LogP contribution is -2.12. The van der Waals surface area contributed by atoms with Gasteiger partial charge in [0.25, 0.3) is 0 Å². The second-order valence-corrected chi connectivity index (χ2v) is 4.44. The van der Waals surface area contributed by atoms with Crippen LogP contribution in [0.1, 0.15) is 31.3 Å². The van der Waals surface area contributed by atoms with Crippen LogP contribution < -0.4 is 10.5 Å². The van der Waals surface area contributed by atoms with Gasteiger partial charge in [0.15, 0.2) is 17.4 Å². The minimum atomic E-state index is -0.418. The van der Waals surface area contributed by atoms with Crippen molar-refractivity contribution in [1.29, 1.82) is 0 Å². The molecule has 0 saturated carbocycles. The van der Waals surface area contributed by atoms with Gasteiger partial charge >= 0.3 is 0 Å². The average molecular weight is 264 g/mol. The van der Waals surface area contributed by atoms with Gasteiger partial charge in [0.2, 0.25) is 0 Å². The van der Waals surface area contributed by atoms with Crippen molar-refractivity contribution in [2.75, 3.05) is 0 Å². The number of para-hydroxylation sites is 1. The third-order valence-corrected chi connectivity index (χ3v) is 2.75. The second kappa shape index (κ2) is 5.79. The van der Waals surface area contributed by atoms with Gasteiger partial charge in [0, 0.05) is 18.2 Å². The Hall–Kier alpha value is -1.95. The zero-order valence-electron chi connectivity index (χ0n) is 11.0. The van der Waals surface area contributed by atoms with Crippen molar-refractivity contribution < 1.29 is 9.13 Å². The summed E-state index contributed by atoms with van der Waals surface area (Å²) in [6, 6.07) is 4.88. The predicted molar refractivity (Wildman–Crippen MR) is 69.0 cm³/mol. The number of nitrogens with two attached hydrogens (primary N) is 1. The van der Waals surface area contributed by atoms with Crippen molar-refractivity contribution in [3.05, 3.63) is 41.7 Å². The highest BCUT2D eigenvalue weighted by molar-refractivity contribution is 5.34. The van der Waals surface area contributed by atoms with Gasteiger partial charge in [-0.25, -0.2) is 14.1 Å². The molecule has 2 N–H and O–H groups in total. The molecule has 1 aromatic heterocycles. The van der Waals surface area contributed by atoms with E-state index >= 15 is 0 Å². The largest absolute Gasteiger partial charge is 0.482 e. The molecule has 0 saturated heterocycles. The topological polar surface area (TPSA) is 66.0 Å². The van der Waals surface area contributed by atoms with E-state index in [1.165, 1.54) is 12.4 Å². The van der Waals surface area contributed by atoms with Crippen LogP contribution in [0, 0.1) is 5.82 Å². The maximum absolute atomic E-state index is 13.7. The lowest BCUT2D eigenvalue weighted by molar-refractivity contribution is 0.266. The minimum Gasteiger partial charge on any atom is -0.482 e. The van der Waals surface area contributed by atoms with Gasteiger partial charge < -0.3 is 10.5 Å². The van der Waals surface area contributed by atoms with Crippen LogP contribution in [-0.4, -0.2) is 14.8 Å². The molecule has 2 rings (SSSR count). The van der Waals surface area contributed by atoms with Gasteiger partial charge in [-0.15, -0.1) is 0 Å². The van der Waals surface area contributed by atoms with Crippen LogP contribution in [0.3, 0.4) is 0 Å². The van der Waals surface area contributed by atoms with Crippen LogP contribution in [0.2, 0.25) is 0 Å². The first-order valence-electron chi connectivity index (χ1n) is 6.12. The molecule has 5 nitrogen and oxygen atoms in total. The molecule has 0 aliphatic heterocycles. The maximum atomic E-state index is 13.7. The Morgan fingerprint density at radius 1 is 1.42 bits per heavy atom. The van der Waals surface area contributed by atoms with E-state index < -0.39 is 5.82 Å². The van der Waals surface area contributed by atoms with Crippen molar-refractivity contribution in [2.45, 2.75) is 33.0 Å². The Bertz CT molecular complexity index is 553. The highest BCUT2D eigenvalue weighted by Gasteiger charge is 2.12. The quantitative estimate of drug-likeness (QED) is 0.897. The van der Waals surface area contributed by atoms with Crippen molar-refractivity contribution in [2.24, 2.45) is 5.73 Å². The summed E-state index contributed by atoms with van der Waals surface area (Å²) in [6.07, 6.45) is 1.46. The number of benzene rings is 1.